The van der Waals surface area contributed by atoms with Gasteiger partial charge in [-0.1, -0.05) is 6.07 Å². The predicted octanol–water partition coefficient (Wildman–Crippen LogP) is 0.0490. The van der Waals surface area contributed by atoms with Crippen molar-refractivity contribution < 1.29 is 19.1 Å². The van der Waals surface area contributed by atoms with Crippen molar-refractivity contribution in [2.45, 2.75) is 6.92 Å². The van der Waals surface area contributed by atoms with Crippen LogP contribution in [0.3, 0.4) is 0 Å². The van der Waals surface area contributed by atoms with Crippen LogP contribution in [0, 0.1) is 0 Å². The number of nitrogens with one attached hydrogen (secondary N) is 1. The molecule has 23 heavy (non-hydrogen) atoms. The zero-order valence-electron chi connectivity index (χ0n) is 13.4. The molecule has 1 saturated heterocycles. The zero-order chi connectivity index (χ0) is 16.8. The normalized spacial score (nSPS) is 14.3. The fourth-order valence-corrected chi connectivity index (χ4v) is 2.41. The maximum absolute atomic E-state index is 12.0. The Morgan fingerprint density at radius 1 is 1.17 bits per heavy atom. The average Bonchev–Trinajstić information content (AvgIpc) is 2.59. The quantitative estimate of drug-likeness (QED) is 0.776. The number of ether oxygens (including phenoxy) is 1. The Morgan fingerprint density at radius 2 is 1.87 bits per heavy atom. The highest BCUT2D eigenvalue weighted by Gasteiger charge is 2.22. The van der Waals surface area contributed by atoms with Gasteiger partial charge in [-0.3, -0.25) is 14.4 Å². The Kier molecular flexibility index (Phi) is 5.56. The first kappa shape index (κ1) is 16.8. The second kappa shape index (κ2) is 7.62. The molecular formula is C16H21N3O4. The minimum Gasteiger partial charge on any atom is -0.497 e. The van der Waals surface area contributed by atoms with E-state index in [1.54, 1.807) is 12.0 Å². The molecule has 7 nitrogen and oxygen atoms in total. The van der Waals surface area contributed by atoms with Crippen LogP contribution in [0.4, 0.5) is 5.69 Å². The van der Waals surface area contributed by atoms with Gasteiger partial charge in [0, 0.05) is 44.9 Å². The number of amides is 2. The summed E-state index contributed by atoms with van der Waals surface area (Å²) in [7, 11) is 1.63. The molecule has 7 heteroatoms. The van der Waals surface area contributed by atoms with Crippen LogP contribution in [-0.4, -0.2) is 62.3 Å². The lowest BCUT2D eigenvalue weighted by Crippen LogP contribution is -2.51. The van der Waals surface area contributed by atoms with Crippen molar-refractivity contribution >= 4 is 23.3 Å². The van der Waals surface area contributed by atoms with Crippen LogP contribution in [0.5, 0.6) is 5.75 Å². The van der Waals surface area contributed by atoms with Gasteiger partial charge in [0.05, 0.1) is 13.7 Å². The van der Waals surface area contributed by atoms with Crippen LogP contribution in [0.15, 0.2) is 24.3 Å². The van der Waals surface area contributed by atoms with Crippen LogP contribution >= 0.6 is 0 Å². The third-order valence-electron chi connectivity index (χ3n) is 3.77. The highest BCUT2D eigenvalue weighted by atomic mass is 16.5. The number of nitrogens with zero attached hydrogens (tertiary/aromatic N) is 2. The molecule has 2 rings (SSSR count). The number of benzene rings is 1. The fourth-order valence-electron chi connectivity index (χ4n) is 2.41. The van der Waals surface area contributed by atoms with Crippen molar-refractivity contribution in [3.05, 3.63) is 24.3 Å². The molecule has 0 aromatic heterocycles. The molecule has 0 bridgehead atoms. The molecule has 124 valence electrons. The van der Waals surface area contributed by atoms with E-state index >= 15 is 0 Å². The summed E-state index contributed by atoms with van der Waals surface area (Å²) in [6, 6.07) is 7.79. The molecule has 1 heterocycles. The first-order valence-corrected chi connectivity index (χ1v) is 7.47. The molecule has 0 saturated carbocycles. The maximum Gasteiger partial charge on any atom is 0.287 e. The number of rotatable bonds is 5. The predicted molar refractivity (Wildman–Crippen MR) is 85.5 cm³/mol. The molecule has 1 aromatic carbocycles. The number of hydrogen-bond acceptors (Lipinski definition) is 5. The number of Topliss-reactive ketones (excluding diaryl/α,β-unsaturated/α-hetero) is 1. The van der Waals surface area contributed by atoms with Crippen molar-refractivity contribution in [1.82, 2.24) is 10.2 Å². The number of carbonyl (C=O) groups excluding carboxylic acids is 3. The molecule has 0 unspecified atom stereocenters. The molecule has 0 aliphatic carbocycles. The number of carbonyl (C=O) groups is 3. The lowest BCUT2D eigenvalue weighted by Gasteiger charge is -2.36. The zero-order valence-corrected chi connectivity index (χ0v) is 13.4. The Labute approximate surface area is 135 Å². The summed E-state index contributed by atoms with van der Waals surface area (Å²) in [4.78, 5) is 37.9. The molecule has 1 aromatic rings. The molecule has 0 radical (unpaired) electrons. The van der Waals surface area contributed by atoms with Gasteiger partial charge < -0.3 is 19.9 Å². The van der Waals surface area contributed by atoms with Crippen molar-refractivity contribution in [1.29, 1.82) is 0 Å². The third-order valence-corrected chi connectivity index (χ3v) is 3.77. The highest BCUT2D eigenvalue weighted by Crippen LogP contribution is 2.22. The number of hydrogen-bond donors (Lipinski definition) is 1. The van der Waals surface area contributed by atoms with Crippen LogP contribution in [0.25, 0.3) is 0 Å². The van der Waals surface area contributed by atoms with Crippen molar-refractivity contribution in [3.63, 3.8) is 0 Å². The summed E-state index contributed by atoms with van der Waals surface area (Å²) in [5, 5.41) is 2.33. The summed E-state index contributed by atoms with van der Waals surface area (Å²) < 4.78 is 5.22. The number of piperazine rings is 1. The number of anilines is 1. The summed E-state index contributed by atoms with van der Waals surface area (Å²) in [6.07, 6.45) is 0. The monoisotopic (exact) mass is 319 g/mol. The molecule has 0 spiro atoms. The first-order valence-electron chi connectivity index (χ1n) is 7.47. The highest BCUT2D eigenvalue weighted by molar-refractivity contribution is 6.35. The van der Waals surface area contributed by atoms with E-state index in [4.69, 9.17) is 4.74 Å². The van der Waals surface area contributed by atoms with E-state index < -0.39 is 11.7 Å². The SMILES string of the molecule is COc1cccc(N2CCN(C(=O)CNC(=O)C(C)=O)CC2)c1. The van der Waals surface area contributed by atoms with Crippen molar-refractivity contribution in [3.8, 4) is 5.75 Å². The summed E-state index contributed by atoms with van der Waals surface area (Å²) in [6.45, 7) is 3.60. The van der Waals surface area contributed by atoms with E-state index in [-0.39, 0.29) is 12.5 Å². The van der Waals surface area contributed by atoms with Gasteiger partial charge >= 0.3 is 0 Å². The van der Waals surface area contributed by atoms with E-state index in [0.717, 1.165) is 11.4 Å². The van der Waals surface area contributed by atoms with Gasteiger partial charge in [0.15, 0.2) is 0 Å². The lowest BCUT2D eigenvalue weighted by molar-refractivity contribution is -0.138. The number of methoxy groups -OCH3 is 1. The van der Waals surface area contributed by atoms with Gasteiger partial charge in [0.25, 0.3) is 5.91 Å². The molecule has 1 aliphatic rings. The Hall–Kier alpha value is -2.57. The van der Waals surface area contributed by atoms with Crippen LogP contribution in [0.2, 0.25) is 0 Å². The van der Waals surface area contributed by atoms with E-state index in [2.05, 4.69) is 10.2 Å². The largest absolute Gasteiger partial charge is 0.497 e. The molecule has 0 atom stereocenters. The third kappa shape index (κ3) is 4.45. The van der Waals surface area contributed by atoms with E-state index in [1.807, 2.05) is 24.3 Å². The van der Waals surface area contributed by atoms with Gasteiger partial charge in [0.1, 0.15) is 5.75 Å². The molecular weight excluding hydrogens is 298 g/mol. The lowest BCUT2D eigenvalue weighted by atomic mass is 10.2. The number of ketones is 1. The smallest absolute Gasteiger partial charge is 0.287 e. The summed E-state index contributed by atoms with van der Waals surface area (Å²) in [5.41, 5.74) is 1.06. The summed E-state index contributed by atoms with van der Waals surface area (Å²) in [5.74, 6) is -0.702. The molecule has 1 fully saturated rings. The fraction of sp³-hybridized carbons (Fsp3) is 0.438. The van der Waals surface area contributed by atoms with Crippen LogP contribution in [0.1, 0.15) is 6.92 Å². The Balaban J connectivity index is 1.84. The van der Waals surface area contributed by atoms with Gasteiger partial charge in [-0.15, -0.1) is 0 Å². The Morgan fingerprint density at radius 3 is 2.48 bits per heavy atom. The van der Waals surface area contributed by atoms with Gasteiger partial charge in [0.2, 0.25) is 11.7 Å². The van der Waals surface area contributed by atoms with Crippen LogP contribution < -0.4 is 15.0 Å². The topological polar surface area (TPSA) is 79.0 Å². The van der Waals surface area contributed by atoms with E-state index in [0.29, 0.717) is 26.2 Å². The average molecular weight is 319 g/mol. The molecule has 1 N–H and O–H groups in total. The van der Waals surface area contributed by atoms with E-state index in [1.165, 1.54) is 6.92 Å². The maximum atomic E-state index is 12.0. The van der Waals surface area contributed by atoms with Gasteiger partial charge in [-0.2, -0.15) is 0 Å². The van der Waals surface area contributed by atoms with Crippen LogP contribution in [-0.2, 0) is 14.4 Å². The van der Waals surface area contributed by atoms with Crippen molar-refractivity contribution in [2.75, 3.05) is 44.7 Å². The molecule has 2 amide bonds. The van der Waals surface area contributed by atoms with E-state index in [9.17, 15) is 14.4 Å². The van der Waals surface area contributed by atoms with Crippen molar-refractivity contribution in [2.24, 2.45) is 0 Å². The minimum atomic E-state index is -0.728. The first-order chi connectivity index (χ1) is 11.0. The second-order valence-corrected chi connectivity index (χ2v) is 5.31. The molecule has 1 aliphatic heterocycles. The van der Waals surface area contributed by atoms with Gasteiger partial charge in [-0.25, -0.2) is 0 Å². The standard InChI is InChI=1S/C16H21N3O4/c1-12(20)16(22)17-11-15(21)19-8-6-18(7-9-19)13-4-3-5-14(10-13)23-2/h3-5,10H,6-9,11H2,1-2H3,(H,17,22). The Bertz CT molecular complexity index is 595. The second-order valence-electron chi connectivity index (χ2n) is 5.31. The minimum absolute atomic E-state index is 0.141. The summed E-state index contributed by atoms with van der Waals surface area (Å²) >= 11 is 0. The van der Waals surface area contributed by atoms with Gasteiger partial charge in [-0.05, 0) is 12.1 Å².